The minimum absolute atomic E-state index is 0.00464. The van der Waals surface area contributed by atoms with E-state index in [1.807, 2.05) is 33.8 Å². The Bertz CT molecular complexity index is 1180. The average Bonchev–Trinajstić information content (AvgIpc) is 2.99. The molecule has 4 rings (SSSR count). The van der Waals surface area contributed by atoms with Gasteiger partial charge in [0.1, 0.15) is 13.2 Å². The fourth-order valence-corrected chi connectivity index (χ4v) is 6.34. The van der Waals surface area contributed by atoms with E-state index in [1.54, 1.807) is 42.5 Å². The molecular weight excluding hydrogens is 594 g/mol. The minimum atomic E-state index is -4.59. The van der Waals surface area contributed by atoms with E-state index in [2.05, 4.69) is 0 Å². The molecule has 6 atom stereocenters. The van der Waals surface area contributed by atoms with Crippen molar-refractivity contribution in [2.24, 2.45) is 11.8 Å². The molecule has 0 amide bonds. The van der Waals surface area contributed by atoms with E-state index in [4.69, 9.17) is 28.7 Å². The molecular formula is C32H40F6O6. The zero-order chi connectivity index (χ0) is 32.1. The van der Waals surface area contributed by atoms with Gasteiger partial charge in [0.25, 0.3) is 0 Å². The van der Waals surface area contributed by atoms with Gasteiger partial charge in [-0.15, -0.1) is 0 Å². The number of ether oxygens (including phenoxy) is 4. The van der Waals surface area contributed by atoms with Crippen molar-refractivity contribution in [3.8, 4) is 0 Å². The van der Waals surface area contributed by atoms with Gasteiger partial charge in [0.05, 0.1) is 0 Å². The number of hydrogen-bond donors (Lipinski definition) is 0. The highest BCUT2D eigenvalue weighted by atomic mass is 19.4. The van der Waals surface area contributed by atoms with Crippen LogP contribution in [0.2, 0.25) is 0 Å². The molecule has 44 heavy (non-hydrogen) atoms. The van der Waals surface area contributed by atoms with Gasteiger partial charge in [-0.25, -0.2) is 4.89 Å². The summed E-state index contributed by atoms with van der Waals surface area (Å²) in [5.74, 6) is -0.991. The van der Waals surface area contributed by atoms with Crippen LogP contribution in [-0.2, 0) is 28.7 Å². The summed E-state index contributed by atoms with van der Waals surface area (Å²) < 4.78 is 101. The second-order valence-corrected chi connectivity index (χ2v) is 11.2. The molecule has 6 nitrogen and oxygen atoms in total. The van der Waals surface area contributed by atoms with Gasteiger partial charge in [-0.05, 0) is 23.0 Å². The van der Waals surface area contributed by atoms with Crippen molar-refractivity contribution in [1.29, 1.82) is 0 Å². The topological polar surface area (TPSA) is 55.4 Å². The highest BCUT2D eigenvalue weighted by Crippen LogP contribution is 2.48. The van der Waals surface area contributed by atoms with Crippen molar-refractivity contribution in [3.63, 3.8) is 0 Å². The lowest BCUT2D eigenvalue weighted by Gasteiger charge is -2.42. The van der Waals surface area contributed by atoms with Gasteiger partial charge in [-0.2, -0.15) is 31.2 Å². The SMILES string of the molecule is CCC(CC)C1c2ccccc2C(OOC2OC(OCC(F)(F)F)c3ccccc3C2C(CC)CC)OC1OCC(F)(F)F. The molecule has 2 aliphatic heterocycles. The van der Waals surface area contributed by atoms with Crippen LogP contribution >= 0.6 is 0 Å². The largest absolute Gasteiger partial charge is 0.411 e. The van der Waals surface area contributed by atoms with Crippen LogP contribution in [0.15, 0.2) is 48.5 Å². The molecule has 12 heteroatoms. The molecule has 2 heterocycles. The van der Waals surface area contributed by atoms with E-state index in [0.29, 0.717) is 47.9 Å². The van der Waals surface area contributed by atoms with E-state index >= 15 is 0 Å². The quantitative estimate of drug-likeness (QED) is 0.124. The Morgan fingerprint density at radius 1 is 0.568 bits per heavy atom. The monoisotopic (exact) mass is 634 g/mol. The molecule has 2 aromatic rings. The van der Waals surface area contributed by atoms with Gasteiger partial charge in [0, 0.05) is 23.0 Å². The van der Waals surface area contributed by atoms with Crippen molar-refractivity contribution in [1.82, 2.24) is 0 Å². The summed E-state index contributed by atoms with van der Waals surface area (Å²) in [5.41, 5.74) is 2.43. The third kappa shape index (κ3) is 8.32. The Morgan fingerprint density at radius 2 is 0.977 bits per heavy atom. The number of halogens is 6. The molecule has 2 aromatic carbocycles. The van der Waals surface area contributed by atoms with Gasteiger partial charge < -0.3 is 18.9 Å². The van der Waals surface area contributed by atoms with Gasteiger partial charge in [-0.3, -0.25) is 0 Å². The molecule has 0 saturated heterocycles. The van der Waals surface area contributed by atoms with Crippen molar-refractivity contribution in [2.75, 3.05) is 13.2 Å². The van der Waals surface area contributed by atoms with Gasteiger partial charge in [0.2, 0.25) is 12.6 Å². The first-order valence-electron chi connectivity index (χ1n) is 15.1. The number of fused-ring (bicyclic) bond motifs is 2. The van der Waals surface area contributed by atoms with E-state index in [1.165, 1.54) is 0 Å². The molecule has 0 spiro atoms. The molecule has 0 aromatic heterocycles. The average molecular weight is 635 g/mol. The Kier molecular flexibility index (Phi) is 11.7. The zero-order valence-corrected chi connectivity index (χ0v) is 25.2. The summed E-state index contributed by atoms with van der Waals surface area (Å²) in [4.78, 5) is 11.6. The van der Waals surface area contributed by atoms with E-state index in [-0.39, 0.29) is 11.8 Å². The second kappa shape index (κ2) is 14.9. The van der Waals surface area contributed by atoms with Crippen LogP contribution in [-0.4, -0.2) is 38.1 Å². The Labute approximate surface area is 253 Å². The molecule has 246 valence electrons. The summed E-state index contributed by atoms with van der Waals surface area (Å²) in [7, 11) is 0. The van der Waals surface area contributed by atoms with Gasteiger partial charge in [0.15, 0.2) is 12.6 Å². The maximum atomic E-state index is 13.2. The normalized spacial score (nSPS) is 25.7. The predicted molar refractivity (Wildman–Crippen MR) is 148 cm³/mol. The summed E-state index contributed by atoms with van der Waals surface area (Å²) in [5, 5.41) is 0. The maximum absolute atomic E-state index is 13.2. The standard InChI is InChI=1S/C32H40F6O6/c1-5-19(6-2)25-22-14-10-12-16-24(22)28(42-29(25)40-18-32(36,37)38)43-44-30-26(20(7-3)8-4)21-13-9-11-15-23(21)27(41-30)39-17-31(33,34)35/h9-16,19-20,25-30H,5-8,17-18H2,1-4H3. The third-order valence-electron chi connectivity index (χ3n) is 8.48. The van der Waals surface area contributed by atoms with Crippen molar-refractivity contribution < 1.29 is 55.1 Å². The van der Waals surface area contributed by atoms with E-state index in [0.717, 1.165) is 0 Å². The van der Waals surface area contributed by atoms with E-state index < -0.39 is 62.6 Å². The highest BCUT2D eigenvalue weighted by Gasteiger charge is 2.45. The fourth-order valence-electron chi connectivity index (χ4n) is 6.34. The molecule has 0 radical (unpaired) electrons. The van der Waals surface area contributed by atoms with Crippen molar-refractivity contribution in [3.05, 3.63) is 70.8 Å². The maximum Gasteiger partial charge on any atom is 0.411 e. The first-order valence-corrected chi connectivity index (χ1v) is 15.1. The lowest BCUT2D eigenvalue weighted by atomic mass is 9.78. The van der Waals surface area contributed by atoms with Crippen LogP contribution in [0.25, 0.3) is 0 Å². The lowest BCUT2D eigenvalue weighted by Crippen LogP contribution is -2.41. The number of rotatable bonds is 13. The van der Waals surface area contributed by atoms with Crippen LogP contribution in [0.1, 0.15) is 100 Å². The summed E-state index contributed by atoms with van der Waals surface area (Å²) in [6.07, 6.45) is -11.6. The summed E-state index contributed by atoms with van der Waals surface area (Å²) in [6, 6.07) is 14.0. The first-order chi connectivity index (χ1) is 20.9. The molecule has 2 aliphatic rings. The minimum Gasteiger partial charge on any atom is -0.342 e. The number of benzene rings is 2. The Hall–Kier alpha value is -2.22. The van der Waals surface area contributed by atoms with Crippen LogP contribution in [0.5, 0.6) is 0 Å². The number of hydrogen-bond acceptors (Lipinski definition) is 6. The first kappa shape index (κ1) is 34.6. The molecule has 0 bridgehead atoms. The number of alkyl halides is 6. The second-order valence-electron chi connectivity index (χ2n) is 11.2. The van der Waals surface area contributed by atoms with Crippen LogP contribution in [0.3, 0.4) is 0 Å². The van der Waals surface area contributed by atoms with Gasteiger partial charge in [-0.1, -0.05) is 102 Å². The zero-order valence-electron chi connectivity index (χ0n) is 25.2. The molecule has 0 saturated carbocycles. The molecule has 0 aliphatic carbocycles. The summed E-state index contributed by atoms with van der Waals surface area (Å²) in [6.45, 7) is 4.84. The van der Waals surface area contributed by atoms with Gasteiger partial charge >= 0.3 is 12.4 Å². The smallest absolute Gasteiger partial charge is 0.342 e. The van der Waals surface area contributed by atoms with Crippen molar-refractivity contribution >= 4 is 0 Å². The van der Waals surface area contributed by atoms with Crippen LogP contribution in [0, 0.1) is 11.8 Å². The Morgan fingerprint density at radius 3 is 1.45 bits per heavy atom. The molecule has 6 unspecified atom stereocenters. The van der Waals surface area contributed by atoms with Crippen LogP contribution < -0.4 is 0 Å². The van der Waals surface area contributed by atoms with Crippen LogP contribution in [0.4, 0.5) is 26.3 Å². The lowest BCUT2D eigenvalue weighted by molar-refractivity contribution is -0.474. The predicted octanol–water partition coefficient (Wildman–Crippen LogP) is 9.24. The van der Waals surface area contributed by atoms with Crippen molar-refractivity contribution in [2.45, 2.75) is 103 Å². The molecule has 0 N–H and O–H groups in total. The highest BCUT2D eigenvalue weighted by molar-refractivity contribution is 5.35. The van der Waals surface area contributed by atoms with E-state index in [9.17, 15) is 26.3 Å². The fraction of sp³-hybridized carbons (Fsp3) is 0.625. The third-order valence-corrected chi connectivity index (χ3v) is 8.48. The summed E-state index contributed by atoms with van der Waals surface area (Å²) >= 11 is 0. The Balaban J connectivity index is 1.65. The molecule has 0 fully saturated rings.